The quantitative estimate of drug-likeness (QED) is 0.534. The molecule has 0 saturated carbocycles. The molecule has 68 valence electrons. The Morgan fingerprint density at radius 3 is 2.31 bits per heavy atom. The number of carbonyl (C=O) groups is 1. The lowest BCUT2D eigenvalue weighted by Gasteiger charge is -2.00. The summed E-state index contributed by atoms with van der Waals surface area (Å²) in [7, 11) is 0. The van der Waals surface area contributed by atoms with Gasteiger partial charge in [0.1, 0.15) is 0 Å². The summed E-state index contributed by atoms with van der Waals surface area (Å²) in [5.74, 6) is 0. The van der Waals surface area contributed by atoms with Gasteiger partial charge in [-0.15, -0.1) is 0 Å². The van der Waals surface area contributed by atoms with Gasteiger partial charge in [0.2, 0.25) is 0 Å². The van der Waals surface area contributed by atoms with E-state index in [1.165, 1.54) is 0 Å². The number of halogens is 1. The molecule has 1 aromatic rings. The second-order valence-corrected chi connectivity index (χ2v) is 3.45. The fourth-order valence-corrected chi connectivity index (χ4v) is 1.23. The number of hydrogen-bond donors (Lipinski definition) is 0. The average Bonchev–Trinajstić information content (AvgIpc) is 2.04. The number of rotatable bonds is 3. The van der Waals surface area contributed by atoms with Gasteiger partial charge in [-0.1, -0.05) is 24.3 Å². The van der Waals surface area contributed by atoms with Crippen molar-refractivity contribution < 1.29 is 4.79 Å². The van der Waals surface area contributed by atoms with Crippen LogP contribution in [0.5, 0.6) is 0 Å². The third-order valence-electron chi connectivity index (χ3n) is 1.69. The van der Waals surface area contributed by atoms with Crippen LogP contribution >= 0.6 is 11.6 Å². The molecular weight excluding hydrogens is 184 g/mol. The van der Waals surface area contributed by atoms with Crippen LogP contribution in [0.4, 0.5) is 0 Å². The van der Waals surface area contributed by atoms with Crippen molar-refractivity contribution in [2.24, 2.45) is 0 Å². The summed E-state index contributed by atoms with van der Waals surface area (Å²) in [4.78, 5) is 10.7. The molecule has 0 heterocycles. The van der Waals surface area contributed by atoms with Gasteiger partial charge in [0.25, 0.3) is 5.24 Å². The topological polar surface area (TPSA) is 17.1 Å². The van der Waals surface area contributed by atoms with Crippen LogP contribution in [0.15, 0.2) is 36.4 Å². The maximum Gasteiger partial charge on any atom is 0.252 e. The van der Waals surface area contributed by atoms with Gasteiger partial charge in [-0.25, -0.2) is 0 Å². The summed E-state index contributed by atoms with van der Waals surface area (Å²) in [5, 5.41) is -0.415. The third kappa shape index (κ3) is 3.03. The van der Waals surface area contributed by atoms with E-state index in [-0.39, 0.29) is 0 Å². The van der Waals surface area contributed by atoms with Gasteiger partial charge in [0.15, 0.2) is 0 Å². The van der Waals surface area contributed by atoms with E-state index < -0.39 is 5.24 Å². The summed E-state index contributed by atoms with van der Waals surface area (Å²) in [6.45, 7) is 5.79. The Morgan fingerprint density at radius 2 is 1.92 bits per heavy atom. The predicted octanol–water partition coefficient (Wildman–Crippen LogP) is 3.18. The van der Waals surface area contributed by atoms with Gasteiger partial charge >= 0.3 is 0 Å². The largest absolute Gasteiger partial charge is 0.276 e. The molecule has 0 saturated heterocycles. The zero-order chi connectivity index (χ0) is 9.84. The first-order valence-corrected chi connectivity index (χ1v) is 4.40. The van der Waals surface area contributed by atoms with Gasteiger partial charge in [0.05, 0.1) is 0 Å². The highest BCUT2D eigenvalue weighted by Gasteiger charge is 2.00. The van der Waals surface area contributed by atoms with Crippen molar-refractivity contribution in [1.29, 1.82) is 0 Å². The van der Waals surface area contributed by atoms with Crippen LogP contribution in [0.2, 0.25) is 0 Å². The van der Waals surface area contributed by atoms with E-state index in [2.05, 4.69) is 6.58 Å². The maximum atomic E-state index is 10.7. The van der Waals surface area contributed by atoms with E-state index in [4.69, 9.17) is 11.6 Å². The van der Waals surface area contributed by atoms with Crippen LogP contribution in [-0.4, -0.2) is 5.24 Å². The zero-order valence-corrected chi connectivity index (χ0v) is 8.27. The minimum absolute atomic E-state index is 0.415. The lowest BCUT2D eigenvalue weighted by Crippen LogP contribution is -1.90. The molecule has 0 aliphatic rings. The molecule has 0 fully saturated rings. The summed E-state index contributed by atoms with van der Waals surface area (Å²) >= 11 is 5.30. The van der Waals surface area contributed by atoms with Gasteiger partial charge in [0, 0.05) is 5.56 Å². The van der Waals surface area contributed by atoms with Gasteiger partial charge < -0.3 is 0 Å². The number of benzene rings is 1. The molecule has 0 aliphatic heterocycles. The summed E-state index contributed by atoms with van der Waals surface area (Å²) in [6.07, 6.45) is 0.844. The highest BCUT2D eigenvalue weighted by Crippen LogP contribution is 2.10. The number of hydrogen-bond acceptors (Lipinski definition) is 1. The van der Waals surface area contributed by atoms with Crippen molar-refractivity contribution in [3.8, 4) is 0 Å². The molecule has 2 heteroatoms. The zero-order valence-electron chi connectivity index (χ0n) is 7.51. The Hall–Kier alpha value is -1.08. The van der Waals surface area contributed by atoms with E-state index in [9.17, 15) is 4.79 Å². The molecule has 0 aliphatic carbocycles. The first kappa shape index (κ1) is 10.0. The van der Waals surface area contributed by atoms with E-state index in [1.807, 2.05) is 19.1 Å². The lowest BCUT2D eigenvalue weighted by atomic mass is 10.1. The van der Waals surface area contributed by atoms with Crippen LogP contribution in [0, 0.1) is 0 Å². The van der Waals surface area contributed by atoms with Crippen LogP contribution < -0.4 is 0 Å². The summed E-state index contributed by atoms with van der Waals surface area (Å²) in [6, 6.07) is 7.25. The maximum absolute atomic E-state index is 10.7. The Bertz CT molecular complexity index is 324. The summed E-state index contributed by atoms with van der Waals surface area (Å²) in [5.41, 5.74) is 2.78. The molecule has 0 atom stereocenters. The molecule has 1 nitrogen and oxygen atoms in total. The smallest absolute Gasteiger partial charge is 0.252 e. The average molecular weight is 195 g/mol. The first-order valence-electron chi connectivity index (χ1n) is 4.03. The van der Waals surface area contributed by atoms with Gasteiger partial charge in [-0.2, -0.15) is 0 Å². The molecule has 0 bridgehead atoms. The Morgan fingerprint density at radius 1 is 1.38 bits per heavy atom. The SMILES string of the molecule is C=C(C)Cc1ccc(C(=O)Cl)cc1. The van der Waals surface area contributed by atoms with Crippen molar-refractivity contribution >= 4 is 16.8 Å². The van der Waals surface area contributed by atoms with Crippen LogP contribution in [0.25, 0.3) is 0 Å². The fraction of sp³-hybridized carbons (Fsp3) is 0.182. The third-order valence-corrected chi connectivity index (χ3v) is 1.91. The normalized spacial score (nSPS) is 9.69. The fourth-order valence-electron chi connectivity index (χ4n) is 1.10. The molecule has 1 aromatic carbocycles. The van der Waals surface area contributed by atoms with Gasteiger partial charge in [-0.05, 0) is 42.6 Å². The minimum atomic E-state index is -0.415. The van der Waals surface area contributed by atoms with Crippen molar-refractivity contribution in [2.45, 2.75) is 13.3 Å². The highest BCUT2D eigenvalue weighted by molar-refractivity contribution is 6.67. The van der Waals surface area contributed by atoms with Crippen LogP contribution in [0.3, 0.4) is 0 Å². The van der Waals surface area contributed by atoms with E-state index in [0.717, 1.165) is 17.6 Å². The minimum Gasteiger partial charge on any atom is -0.276 e. The molecule has 0 unspecified atom stereocenters. The monoisotopic (exact) mass is 194 g/mol. The number of allylic oxidation sites excluding steroid dienone is 1. The standard InChI is InChI=1S/C11H11ClO/c1-8(2)7-9-3-5-10(6-4-9)11(12)13/h3-6H,1,7H2,2H3. The molecule has 0 N–H and O–H groups in total. The second kappa shape index (κ2) is 4.24. The van der Waals surface area contributed by atoms with Crippen molar-refractivity contribution in [3.05, 3.63) is 47.5 Å². The van der Waals surface area contributed by atoms with Crippen LogP contribution in [-0.2, 0) is 6.42 Å². The molecule has 0 amide bonds. The van der Waals surface area contributed by atoms with E-state index >= 15 is 0 Å². The summed E-state index contributed by atoms with van der Waals surface area (Å²) < 4.78 is 0. The molecule has 0 aromatic heterocycles. The van der Waals surface area contributed by atoms with E-state index in [0.29, 0.717) is 5.56 Å². The van der Waals surface area contributed by atoms with Crippen molar-refractivity contribution in [1.82, 2.24) is 0 Å². The van der Waals surface area contributed by atoms with Crippen molar-refractivity contribution in [2.75, 3.05) is 0 Å². The van der Waals surface area contributed by atoms with Crippen molar-refractivity contribution in [3.63, 3.8) is 0 Å². The Kier molecular flexibility index (Phi) is 3.26. The highest BCUT2D eigenvalue weighted by atomic mass is 35.5. The van der Waals surface area contributed by atoms with E-state index in [1.54, 1.807) is 12.1 Å². The number of carbonyl (C=O) groups excluding carboxylic acids is 1. The second-order valence-electron chi connectivity index (χ2n) is 3.10. The predicted molar refractivity (Wildman–Crippen MR) is 55.1 cm³/mol. The lowest BCUT2D eigenvalue weighted by molar-refractivity contribution is 0.108. The molecule has 1 rings (SSSR count). The molecule has 0 spiro atoms. The molecule has 13 heavy (non-hydrogen) atoms. The Labute approximate surface area is 83.0 Å². The first-order chi connectivity index (χ1) is 6.09. The van der Waals surface area contributed by atoms with Crippen LogP contribution in [0.1, 0.15) is 22.8 Å². The molecular formula is C11H11ClO. The Balaban J connectivity index is 2.81. The van der Waals surface area contributed by atoms with Gasteiger partial charge in [-0.3, -0.25) is 4.79 Å². The molecule has 0 radical (unpaired) electrons.